The molecule has 0 radical (unpaired) electrons. The van der Waals surface area contributed by atoms with E-state index in [0.29, 0.717) is 17.8 Å². The van der Waals surface area contributed by atoms with Crippen molar-refractivity contribution in [2.45, 2.75) is 63.6 Å². The summed E-state index contributed by atoms with van der Waals surface area (Å²) in [5, 5.41) is 21.3. The number of hydrogen-bond donors (Lipinski definition) is 2. The number of hydrogen-bond acceptors (Lipinski definition) is 3. The van der Waals surface area contributed by atoms with Gasteiger partial charge in [-0.05, 0) is 85.5 Å². The minimum atomic E-state index is -0.936. The summed E-state index contributed by atoms with van der Waals surface area (Å²) in [4.78, 5) is 0. The lowest BCUT2D eigenvalue weighted by Gasteiger charge is -2.50. The molecule has 4 rings (SSSR count). The summed E-state index contributed by atoms with van der Waals surface area (Å²) < 4.78 is 5.38. The third-order valence-electron chi connectivity index (χ3n) is 7.22. The van der Waals surface area contributed by atoms with Crippen molar-refractivity contribution >= 4 is 0 Å². The lowest BCUT2D eigenvalue weighted by atomic mass is 9.55. The molecule has 0 heterocycles. The van der Waals surface area contributed by atoms with Crippen LogP contribution in [0.4, 0.5) is 0 Å². The molecule has 1 aromatic carbocycles. The molecule has 23 heavy (non-hydrogen) atoms. The number of aryl methyl sites for hydroxylation is 1. The topological polar surface area (TPSA) is 49.7 Å². The average molecular weight is 316 g/mol. The van der Waals surface area contributed by atoms with E-state index in [1.165, 1.54) is 11.1 Å². The molecular formula is C20H28O3. The Bertz CT molecular complexity index is 623. The van der Waals surface area contributed by atoms with Crippen LogP contribution in [0.15, 0.2) is 18.2 Å². The molecule has 3 aliphatic rings. The minimum Gasteiger partial charge on any atom is -0.497 e. The van der Waals surface area contributed by atoms with Gasteiger partial charge in [0, 0.05) is 0 Å². The summed E-state index contributed by atoms with van der Waals surface area (Å²) in [5.41, 5.74) is 1.84. The van der Waals surface area contributed by atoms with Gasteiger partial charge < -0.3 is 14.9 Å². The lowest BCUT2D eigenvalue weighted by molar-refractivity contribution is -0.0903. The summed E-state index contributed by atoms with van der Waals surface area (Å²) in [5.74, 6) is 2.52. The quantitative estimate of drug-likeness (QED) is 0.836. The summed E-state index contributed by atoms with van der Waals surface area (Å²) in [6.07, 6.45) is 4.49. The monoisotopic (exact) mass is 316 g/mol. The molecule has 0 unspecified atom stereocenters. The van der Waals surface area contributed by atoms with Crippen molar-refractivity contribution in [2.75, 3.05) is 7.11 Å². The predicted molar refractivity (Wildman–Crippen MR) is 89.6 cm³/mol. The van der Waals surface area contributed by atoms with Gasteiger partial charge >= 0.3 is 0 Å². The first-order valence-electron chi connectivity index (χ1n) is 8.94. The first-order chi connectivity index (χ1) is 10.9. The molecule has 3 heteroatoms. The fraction of sp³-hybridized carbons (Fsp3) is 0.700. The van der Waals surface area contributed by atoms with E-state index in [1.54, 1.807) is 7.11 Å². The number of aliphatic hydroxyl groups is 2. The van der Waals surface area contributed by atoms with E-state index in [0.717, 1.165) is 37.9 Å². The molecule has 0 saturated heterocycles. The molecular weight excluding hydrogens is 288 g/mol. The maximum atomic E-state index is 10.7. The van der Waals surface area contributed by atoms with Crippen molar-refractivity contribution in [1.29, 1.82) is 0 Å². The van der Waals surface area contributed by atoms with Crippen molar-refractivity contribution in [3.05, 3.63) is 29.3 Å². The largest absolute Gasteiger partial charge is 0.497 e. The van der Waals surface area contributed by atoms with E-state index < -0.39 is 11.7 Å². The van der Waals surface area contributed by atoms with Crippen LogP contribution in [0.5, 0.6) is 5.75 Å². The Morgan fingerprint density at radius 1 is 1.22 bits per heavy atom. The van der Waals surface area contributed by atoms with E-state index in [-0.39, 0.29) is 5.41 Å². The highest BCUT2D eigenvalue weighted by Crippen LogP contribution is 2.63. The number of aliphatic hydroxyl groups excluding tert-OH is 1. The standard InChI is InChI=1S/C20H28O3/c1-19-9-8-15-14-7-5-13(23-3)10-12(14)4-6-16(15)17(19)11-20(2,22)18(19)21/h5,7,10,15-18,21-22H,4,6,8-9,11H2,1-3H3/t15-,16-,17+,18+,19-,20+/m1/s1. The maximum Gasteiger partial charge on any atom is 0.119 e. The van der Waals surface area contributed by atoms with Gasteiger partial charge in [0.05, 0.1) is 18.8 Å². The molecule has 1 aromatic rings. The summed E-state index contributed by atoms with van der Waals surface area (Å²) in [7, 11) is 1.72. The first kappa shape index (κ1) is 15.5. The van der Waals surface area contributed by atoms with Crippen LogP contribution in [0, 0.1) is 17.3 Å². The van der Waals surface area contributed by atoms with Gasteiger partial charge in [0.25, 0.3) is 0 Å². The van der Waals surface area contributed by atoms with Gasteiger partial charge in [-0.1, -0.05) is 13.0 Å². The lowest BCUT2D eigenvalue weighted by Crippen LogP contribution is -2.46. The van der Waals surface area contributed by atoms with Gasteiger partial charge in [-0.25, -0.2) is 0 Å². The molecule has 0 amide bonds. The van der Waals surface area contributed by atoms with Crippen LogP contribution in [0.2, 0.25) is 0 Å². The third-order valence-corrected chi connectivity index (χ3v) is 7.22. The van der Waals surface area contributed by atoms with Gasteiger partial charge in [0.15, 0.2) is 0 Å². The second-order valence-corrected chi connectivity index (χ2v) is 8.49. The van der Waals surface area contributed by atoms with E-state index >= 15 is 0 Å². The van der Waals surface area contributed by atoms with Crippen molar-refractivity contribution < 1.29 is 14.9 Å². The molecule has 126 valence electrons. The van der Waals surface area contributed by atoms with Crippen LogP contribution in [0.3, 0.4) is 0 Å². The zero-order valence-corrected chi connectivity index (χ0v) is 14.4. The molecule has 6 atom stereocenters. The zero-order chi connectivity index (χ0) is 16.4. The smallest absolute Gasteiger partial charge is 0.119 e. The van der Waals surface area contributed by atoms with Crippen molar-refractivity contribution in [3.63, 3.8) is 0 Å². The van der Waals surface area contributed by atoms with Gasteiger partial charge in [0.1, 0.15) is 5.75 Å². The van der Waals surface area contributed by atoms with Crippen molar-refractivity contribution in [1.82, 2.24) is 0 Å². The average Bonchev–Trinajstić information content (AvgIpc) is 2.73. The maximum absolute atomic E-state index is 10.7. The number of fused-ring (bicyclic) bond motifs is 5. The van der Waals surface area contributed by atoms with Gasteiger partial charge in [-0.15, -0.1) is 0 Å². The number of ether oxygens (including phenoxy) is 1. The Morgan fingerprint density at radius 2 is 2.00 bits per heavy atom. The highest BCUT2D eigenvalue weighted by molar-refractivity contribution is 5.40. The van der Waals surface area contributed by atoms with Gasteiger partial charge in [0.2, 0.25) is 0 Å². The fourth-order valence-corrected chi connectivity index (χ4v) is 6.02. The first-order valence-corrected chi connectivity index (χ1v) is 8.94. The Hall–Kier alpha value is -1.06. The van der Waals surface area contributed by atoms with E-state index in [2.05, 4.69) is 25.1 Å². The highest BCUT2D eigenvalue weighted by atomic mass is 16.5. The minimum absolute atomic E-state index is 0.130. The molecule has 2 saturated carbocycles. The number of benzene rings is 1. The Morgan fingerprint density at radius 3 is 2.74 bits per heavy atom. The summed E-state index contributed by atoms with van der Waals surface area (Å²) in [6.45, 7) is 4.02. The van der Waals surface area contributed by atoms with Gasteiger partial charge in [-0.2, -0.15) is 0 Å². The van der Waals surface area contributed by atoms with Crippen LogP contribution >= 0.6 is 0 Å². The summed E-state index contributed by atoms with van der Waals surface area (Å²) in [6, 6.07) is 6.52. The number of methoxy groups -OCH3 is 1. The predicted octanol–water partition coefficient (Wildman–Crippen LogP) is 3.27. The molecule has 0 bridgehead atoms. The zero-order valence-electron chi connectivity index (χ0n) is 14.4. The summed E-state index contributed by atoms with van der Waals surface area (Å²) >= 11 is 0. The fourth-order valence-electron chi connectivity index (χ4n) is 6.02. The molecule has 0 spiro atoms. The third kappa shape index (κ3) is 2.09. The molecule has 2 fully saturated rings. The van der Waals surface area contributed by atoms with Crippen molar-refractivity contribution in [3.8, 4) is 5.75 Å². The number of rotatable bonds is 1. The van der Waals surface area contributed by atoms with Crippen LogP contribution in [-0.2, 0) is 6.42 Å². The van der Waals surface area contributed by atoms with Crippen LogP contribution < -0.4 is 4.74 Å². The molecule has 0 aliphatic heterocycles. The second kappa shape index (κ2) is 4.97. The van der Waals surface area contributed by atoms with Crippen molar-refractivity contribution in [2.24, 2.45) is 17.3 Å². The highest BCUT2D eigenvalue weighted by Gasteiger charge is 2.61. The Labute approximate surface area is 138 Å². The molecule has 0 aromatic heterocycles. The van der Waals surface area contributed by atoms with Crippen LogP contribution in [0.25, 0.3) is 0 Å². The SMILES string of the molecule is COc1ccc2c(c1)CC[C@@H]1[C@@H]2CC[C@]2(C)[C@H]1C[C@](C)(O)[C@H]2O. The van der Waals surface area contributed by atoms with E-state index in [1.807, 2.05) is 6.92 Å². The van der Waals surface area contributed by atoms with E-state index in [4.69, 9.17) is 4.74 Å². The Balaban J connectivity index is 1.70. The van der Waals surface area contributed by atoms with Crippen LogP contribution in [0.1, 0.15) is 56.6 Å². The van der Waals surface area contributed by atoms with E-state index in [9.17, 15) is 10.2 Å². The molecule has 3 nitrogen and oxygen atoms in total. The molecule has 2 N–H and O–H groups in total. The normalized spacial score (nSPS) is 45.1. The van der Waals surface area contributed by atoms with Crippen LogP contribution in [-0.4, -0.2) is 29.0 Å². The second-order valence-electron chi connectivity index (χ2n) is 8.49. The Kier molecular flexibility index (Phi) is 3.34. The van der Waals surface area contributed by atoms with Gasteiger partial charge in [-0.3, -0.25) is 0 Å². The molecule has 3 aliphatic carbocycles.